The molecule has 148 valence electrons. The Labute approximate surface area is 179 Å². The summed E-state index contributed by atoms with van der Waals surface area (Å²) in [4.78, 5) is 6.90. The fourth-order valence-electron chi connectivity index (χ4n) is 3.77. The average molecular weight is 455 g/mol. The van der Waals surface area contributed by atoms with E-state index in [1.54, 1.807) is 17.8 Å². The number of nitrogens with zero attached hydrogens (tertiary/aromatic N) is 2. The zero-order valence-electron chi connectivity index (χ0n) is 15.5. The zero-order valence-corrected chi connectivity index (χ0v) is 18.7. The second-order valence-corrected chi connectivity index (χ2v) is 11.2. The average Bonchev–Trinajstić information content (AvgIpc) is 3.06. The van der Waals surface area contributed by atoms with E-state index in [4.69, 9.17) is 28.2 Å². The number of benzene rings is 2. The van der Waals surface area contributed by atoms with Crippen LogP contribution < -0.4 is 4.90 Å². The van der Waals surface area contributed by atoms with E-state index >= 15 is 0 Å². The van der Waals surface area contributed by atoms with Crippen molar-refractivity contribution in [2.24, 2.45) is 4.99 Å². The molecule has 0 aliphatic carbocycles. The molecule has 0 spiro atoms. The summed E-state index contributed by atoms with van der Waals surface area (Å²) < 4.78 is 24.4. The summed E-state index contributed by atoms with van der Waals surface area (Å²) in [5.74, 6) is 0.896. The van der Waals surface area contributed by atoms with Crippen molar-refractivity contribution in [3.63, 3.8) is 0 Å². The maximum Gasteiger partial charge on any atom is 0.164 e. The SMILES string of the molecule is Cc1ccc(N2C(SCc3ccc(Cl)cc3Cl)=N[C@H]3CS(=O)(=O)C[C@H]32)c(C)c1. The molecular formula is C20H20Cl2N2O2S2. The first-order chi connectivity index (χ1) is 13.2. The molecule has 1 saturated heterocycles. The zero-order chi connectivity index (χ0) is 20.1. The molecule has 8 heteroatoms. The Morgan fingerprint density at radius 2 is 1.93 bits per heavy atom. The normalized spacial score (nSPS) is 23.0. The number of aliphatic imine (C=N–C) groups is 1. The van der Waals surface area contributed by atoms with Gasteiger partial charge in [0.1, 0.15) is 0 Å². The molecule has 2 aliphatic rings. The molecule has 0 amide bonds. The summed E-state index contributed by atoms with van der Waals surface area (Å²) in [6.07, 6.45) is 0. The number of thioether (sulfide) groups is 1. The Kier molecular flexibility index (Phi) is 5.42. The molecule has 0 aromatic heterocycles. The van der Waals surface area contributed by atoms with E-state index in [1.165, 1.54) is 5.56 Å². The molecule has 0 radical (unpaired) electrons. The van der Waals surface area contributed by atoms with Gasteiger partial charge < -0.3 is 4.90 Å². The third-order valence-electron chi connectivity index (χ3n) is 5.09. The van der Waals surface area contributed by atoms with Crippen molar-refractivity contribution in [1.82, 2.24) is 0 Å². The summed E-state index contributed by atoms with van der Waals surface area (Å²) in [6.45, 7) is 4.10. The van der Waals surface area contributed by atoms with Crippen LogP contribution in [-0.2, 0) is 15.6 Å². The fraction of sp³-hybridized carbons (Fsp3) is 0.350. The number of sulfone groups is 1. The maximum absolute atomic E-state index is 12.2. The molecule has 2 heterocycles. The number of aryl methyl sites for hydroxylation is 2. The highest BCUT2D eigenvalue weighted by Gasteiger charge is 2.47. The summed E-state index contributed by atoms with van der Waals surface area (Å²) in [5.41, 5.74) is 4.28. The topological polar surface area (TPSA) is 49.7 Å². The number of hydrogen-bond donors (Lipinski definition) is 0. The van der Waals surface area contributed by atoms with Gasteiger partial charge in [0.15, 0.2) is 15.0 Å². The largest absolute Gasteiger partial charge is 0.315 e. The van der Waals surface area contributed by atoms with Gasteiger partial charge in [-0.25, -0.2) is 8.42 Å². The highest BCUT2D eigenvalue weighted by atomic mass is 35.5. The first-order valence-corrected chi connectivity index (χ1v) is 12.5. The minimum absolute atomic E-state index is 0.116. The minimum Gasteiger partial charge on any atom is -0.315 e. The van der Waals surface area contributed by atoms with Gasteiger partial charge in [-0.3, -0.25) is 4.99 Å². The van der Waals surface area contributed by atoms with Crippen molar-refractivity contribution in [3.05, 3.63) is 63.1 Å². The lowest BCUT2D eigenvalue weighted by atomic mass is 10.1. The van der Waals surface area contributed by atoms with Crippen molar-refractivity contribution in [2.45, 2.75) is 31.7 Å². The first kappa shape index (κ1) is 20.1. The number of anilines is 1. The molecule has 2 aromatic rings. The Morgan fingerprint density at radius 3 is 2.64 bits per heavy atom. The Bertz CT molecular complexity index is 1070. The van der Waals surface area contributed by atoms with Crippen molar-refractivity contribution >= 4 is 55.7 Å². The van der Waals surface area contributed by atoms with Crippen LogP contribution in [0.3, 0.4) is 0 Å². The van der Waals surface area contributed by atoms with Gasteiger partial charge in [-0.1, -0.05) is 58.7 Å². The van der Waals surface area contributed by atoms with Crippen LogP contribution in [0.5, 0.6) is 0 Å². The molecular weight excluding hydrogens is 435 g/mol. The number of amidine groups is 1. The van der Waals surface area contributed by atoms with Crippen LogP contribution in [0.2, 0.25) is 10.0 Å². The van der Waals surface area contributed by atoms with Gasteiger partial charge in [0.2, 0.25) is 0 Å². The lowest BCUT2D eigenvalue weighted by Crippen LogP contribution is -2.39. The van der Waals surface area contributed by atoms with E-state index in [1.807, 2.05) is 12.1 Å². The summed E-state index contributed by atoms with van der Waals surface area (Å²) >= 11 is 13.9. The first-order valence-electron chi connectivity index (χ1n) is 8.95. The van der Waals surface area contributed by atoms with Crippen molar-refractivity contribution in [2.75, 3.05) is 16.4 Å². The van der Waals surface area contributed by atoms with Crippen molar-refractivity contribution in [3.8, 4) is 0 Å². The molecule has 0 unspecified atom stereocenters. The second-order valence-electron chi connectivity index (χ2n) is 7.31. The lowest BCUT2D eigenvalue weighted by molar-refractivity contribution is 0.601. The number of hydrogen-bond acceptors (Lipinski definition) is 5. The summed E-state index contributed by atoms with van der Waals surface area (Å²) in [7, 11) is -3.06. The third-order valence-corrected chi connectivity index (χ3v) is 8.39. The standard InChI is InChI=1S/C20H20Cl2N2O2S2/c1-12-3-6-18(13(2)7-12)24-19-11-28(25,26)10-17(19)23-20(24)27-9-14-4-5-15(21)8-16(14)22/h3-8,17,19H,9-11H2,1-2H3/t17-,19+/m0/s1. The van der Waals surface area contributed by atoms with Crippen LogP contribution in [-0.4, -0.2) is 37.2 Å². The lowest BCUT2D eigenvalue weighted by Gasteiger charge is -2.28. The molecule has 2 aliphatic heterocycles. The fourth-order valence-corrected chi connectivity index (χ4v) is 7.29. The number of halogens is 2. The van der Waals surface area contributed by atoms with Crippen LogP contribution in [0.25, 0.3) is 0 Å². The Hall–Kier alpha value is -1.21. The predicted octanol–water partition coefficient (Wildman–Crippen LogP) is 4.89. The molecule has 2 aromatic carbocycles. The Balaban J connectivity index is 1.65. The van der Waals surface area contributed by atoms with Crippen LogP contribution >= 0.6 is 35.0 Å². The van der Waals surface area contributed by atoms with E-state index in [9.17, 15) is 8.42 Å². The van der Waals surface area contributed by atoms with Gasteiger partial charge >= 0.3 is 0 Å². The van der Waals surface area contributed by atoms with Crippen LogP contribution in [0.15, 0.2) is 41.4 Å². The predicted molar refractivity (Wildman–Crippen MR) is 120 cm³/mol. The van der Waals surface area contributed by atoms with Crippen LogP contribution in [0.1, 0.15) is 16.7 Å². The molecule has 0 N–H and O–H groups in total. The summed E-state index contributed by atoms with van der Waals surface area (Å²) in [6, 6.07) is 11.3. The smallest absolute Gasteiger partial charge is 0.164 e. The number of rotatable bonds is 3. The molecule has 2 atom stereocenters. The number of fused-ring (bicyclic) bond motifs is 1. The van der Waals surface area contributed by atoms with Gasteiger partial charge in [-0.2, -0.15) is 0 Å². The van der Waals surface area contributed by atoms with E-state index in [2.05, 4.69) is 36.9 Å². The monoisotopic (exact) mass is 454 g/mol. The molecule has 4 rings (SSSR count). The highest BCUT2D eigenvalue weighted by Crippen LogP contribution is 2.38. The van der Waals surface area contributed by atoms with E-state index < -0.39 is 9.84 Å². The molecule has 0 bridgehead atoms. The van der Waals surface area contributed by atoms with Gasteiger partial charge in [-0.05, 0) is 43.2 Å². The second kappa shape index (κ2) is 7.56. The van der Waals surface area contributed by atoms with Crippen molar-refractivity contribution in [1.29, 1.82) is 0 Å². The van der Waals surface area contributed by atoms with Gasteiger partial charge in [0.05, 0.1) is 23.6 Å². The van der Waals surface area contributed by atoms with E-state index in [0.717, 1.165) is 22.0 Å². The maximum atomic E-state index is 12.2. The third kappa shape index (κ3) is 3.92. The van der Waals surface area contributed by atoms with Gasteiger partial charge in [-0.15, -0.1) is 0 Å². The molecule has 1 fully saturated rings. The summed E-state index contributed by atoms with van der Waals surface area (Å²) in [5, 5.41) is 2.08. The van der Waals surface area contributed by atoms with E-state index in [0.29, 0.717) is 15.8 Å². The van der Waals surface area contributed by atoms with Gasteiger partial charge in [0, 0.05) is 21.5 Å². The van der Waals surface area contributed by atoms with Gasteiger partial charge in [0.25, 0.3) is 0 Å². The van der Waals surface area contributed by atoms with Crippen molar-refractivity contribution < 1.29 is 8.42 Å². The quantitative estimate of drug-likeness (QED) is 0.662. The van der Waals surface area contributed by atoms with Crippen LogP contribution in [0, 0.1) is 13.8 Å². The van der Waals surface area contributed by atoms with Crippen LogP contribution in [0.4, 0.5) is 5.69 Å². The van der Waals surface area contributed by atoms with E-state index in [-0.39, 0.29) is 23.6 Å². The molecule has 4 nitrogen and oxygen atoms in total. The molecule has 0 saturated carbocycles. The molecule has 28 heavy (non-hydrogen) atoms. The minimum atomic E-state index is -3.06. The highest BCUT2D eigenvalue weighted by molar-refractivity contribution is 8.13. The Morgan fingerprint density at radius 1 is 1.14 bits per heavy atom.